The molecule has 0 radical (unpaired) electrons. The van der Waals surface area contributed by atoms with Gasteiger partial charge in [-0.3, -0.25) is 43.2 Å². The van der Waals surface area contributed by atoms with Gasteiger partial charge in [0.2, 0.25) is 35.4 Å². The van der Waals surface area contributed by atoms with E-state index in [0.717, 1.165) is 6.42 Å². The highest BCUT2D eigenvalue weighted by molar-refractivity contribution is 6.43. The first-order chi connectivity index (χ1) is 26.5. The second-order valence-corrected chi connectivity index (χ2v) is 15.9. The van der Waals surface area contributed by atoms with Crippen LogP contribution in [0.4, 0.5) is 0 Å². The van der Waals surface area contributed by atoms with Gasteiger partial charge in [0.1, 0.15) is 30.2 Å². The number of nitrogens with one attached hydrogen (secondary N) is 6. The smallest absolute Gasteiger partial charge is 0.475 e. The van der Waals surface area contributed by atoms with Gasteiger partial charge in [-0.1, -0.05) is 60.8 Å². The minimum Gasteiger partial charge on any atom is -0.481 e. The van der Waals surface area contributed by atoms with Crippen molar-refractivity contribution in [1.29, 1.82) is 0 Å². The van der Waals surface area contributed by atoms with Crippen molar-refractivity contribution in [2.24, 2.45) is 17.3 Å². The Morgan fingerprint density at radius 2 is 1.18 bits per heavy atom. The quantitative estimate of drug-likeness (QED) is 0.0532. The summed E-state index contributed by atoms with van der Waals surface area (Å²) in [5.41, 5.74) is -0.959. The van der Waals surface area contributed by atoms with Crippen LogP contribution in [-0.2, 0) is 43.2 Å². The van der Waals surface area contributed by atoms with Crippen molar-refractivity contribution in [2.75, 3.05) is 0 Å². The van der Waals surface area contributed by atoms with E-state index in [4.69, 9.17) is 5.11 Å². The maximum Gasteiger partial charge on any atom is 0.475 e. The topological polar surface area (TPSA) is 327 Å². The highest BCUT2D eigenvalue weighted by atomic mass is 16.4. The Bertz CT molecular complexity index is 1430. The second kappa shape index (κ2) is 24.1. The second-order valence-electron chi connectivity index (χ2n) is 15.9. The molecule has 0 bridgehead atoms. The van der Waals surface area contributed by atoms with Crippen molar-refractivity contribution in [2.45, 2.75) is 155 Å². The Hall–Kier alpha value is -4.79. The van der Waals surface area contributed by atoms with Gasteiger partial charge in [-0.25, -0.2) is 0 Å². The van der Waals surface area contributed by atoms with Gasteiger partial charge in [-0.15, -0.1) is 0 Å². The normalized spacial score (nSPS) is 16.4. The van der Waals surface area contributed by atoms with Gasteiger partial charge in [0, 0.05) is 12.8 Å². The number of carbonyl (C=O) groups excluding carboxylic acids is 6. The molecule has 0 aromatic carbocycles. The zero-order valence-corrected chi connectivity index (χ0v) is 33.6. The monoisotopic (exact) mass is 812 g/mol. The number of rotatable bonds is 24. The maximum atomic E-state index is 14.2. The summed E-state index contributed by atoms with van der Waals surface area (Å²) < 4.78 is 0. The number of hydrogen-bond acceptors (Lipinski definition) is 11. The van der Waals surface area contributed by atoms with E-state index in [1.165, 1.54) is 0 Å². The molecule has 1 saturated carbocycles. The summed E-state index contributed by atoms with van der Waals surface area (Å²) in [6.45, 7) is 10.3. The van der Waals surface area contributed by atoms with E-state index in [1.807, 2.05) is 13.8 Å². The van der Waals surface area contributed by atoms with E-state index in [1.54, 1.807) is 27.7 Å². The van der Waals surface area contributed by atoms with Crippen LogP contribution >= 0.6 is 0 Å². The molecular formula is C36H61BN6O14. The van der Waals surface area contributed by atoms with Crippen molar-refractivity contribution in [3.05, 3.63) is 0 Å². The van der Waals surface area contributed by atoms with Crippen LogP contribution in [0.25, 0.3) is 0 Å². The van der Waals surface area contributed by atoms with Crippen LogP contribution in [0.15, 0.2) is 0 Å². The van der Waals surface area contributed by atoms with E-state index < -0.39 is 140 Å². The van der Waals surface area contributed by atoms with E-state index in [0.29, 0.717) is 25.7 Å². The Morgan fingerprint density at radius 1 is 0.632 bits per heavy atom. The van der Waals surface area contributed by atoms with Gasteiger partial charge in [-0.2, -0.15) is 0 Å². The molecule has 57 heavy (non-hydrogen) atoms. The molecule has 6 amide bonds. The number of carboxylic acids is 3. The molecule has 21 heteroatoms. The summed E-state index contributed by atoms with van der Waals surface area (Å²) in [7, 11) is -1.84. The zero-order valence-electron chi connectivity index (χ0n) is 33.6. The number of aliphatic carboxylic acids is 3. The molecule has 1 aliphatic carbocycles. The van der Waals surface area contributed by atoms with Gasteiger partial charge >= 0.3 is 25.0 Å². The van der Waals surface area contributed by atoms with Crippen LogP contribution in [0, 0.1) is 17.3 Å². The van der Waals surface area contributed by atoms with Crippen LogP contribution < -0.4 is 31.9 Å². The third-order valence-electron chi connectivity index (χ3n) is 9.46. The standard InChI is InChI=1S/C36H61BN6O14/c1-7-24(37(56)57)41-33(53)22(17-19(2)3)40-35(55)30(36(4,5)6)43-34(54)29(20-11-9-8-10-12-20)42-31(51)21(13-15-26(45)46)39-32(52)23(18-28(49)50)38-25(44)14-16-27(47)48/h19-24,29-30,56-57H,7-18H2,1-6H3,(H,38,44)(H,39,52)(H,40,55)(H,41,53)(H,42,51)(H,43,54)(H,45,46)(H,47,48)(H,49,50)/t21-,22-,23-,24?,29-,30+/m0/s1. The summed E-state index contributed by atoms with van der Waals surface area (Å²) in [5, 5.41) is 61.9. The van der Waals surface area contributed by atoms with E-state index >= 15 is 0 Å². The Morgan fingerprint density at radius 3 is 1.67 bits per heavy atom. The summed E-state index contributed by atoms with van der Waals surface area (Å²) in [6.07, 6.45) is 0.335. The minimum absolute atomic E-state index is 0.0871. The van der Waals surface area contributed by atoms with Gasteiger partial charge in [-0.05, 0) is 49.4 Å². The van der Waals surface area contributed by atoms with Gasteiger partial charge < -0.3 is 57.3 Å². The van der Waals surface area contributed by atoms with Crippen LogP contribution in [0.3, 0.4) is 0 Å². The molecule has 0 aromatic rings. The lowest BCUT2D eigenvalue weighted by Crippen LogP contribution is -2.63. The van der Waals surface area contributed by atoms with Crippen LogP contribution in [-0.4, -0.2) is 122 Å². The summed E-state index contributed by atoms with van der Waals surface area (Å²) >= 11 is 0. The minimum atomic E-state index is -1.84. The Kier molecular flexibility index (Phi) is 21.2. The molecule has 0 spiro atoms. The number of carboxylic acid groups (broad SMARTS) is 3. The van der Waals surface area contributed by atoms with Gasteiger partial charge in [0.15, 0.2) is 0 Å². The maximum absolute atomic E-state index is 14.2. The van der Waals surface area contributed by atoms with E-state index in [2.05, 4.69) is 31.9 Å². The molecule has 1 fully saturated rings. The van der Waals surface area contributed by atoms with Gasteiger partial charge in [0.05, 0.1) is 18.8 Å². The Balaban J connectivity index is 3.44. The average Bonchev–Trinajstić information content (AvgIpc) is 3.10. The highest BCUT2D eigenvalue weighted by Gasteiger charge is 2.40. The fourth-order valence-corrected chi connectivity index (χ4v) is 6.33. The predicted molar refractivity (Wildman–Crippen MR) is 204 cm³/mol. The predicted octanol–water partition coefficient (Wildman–Crippen LogP) is -0.806. The number of carbonyl (C=O) groups is 9. The molecule has 0 heterocycles. The number of hydrogen-bond donors (Lipinski definition) is 11. The SMILES string of the molecule is CCC(NC(=O)[C@H](CC(C)C)NC(=O)[C@@H](NC(=O)[C@@H](NC(=O)[C@H](CCC(=O)O)NC(=O)[C@H](CC(=O)O)NC(=O)CCC(=O)O)C1CCCCC1)C(C)(C)C)B(O)O. The molecule has 1 aliphatic rings. The highest BCUT2D eigenvalue weighted by Crippen LogP contribution is 2.28. The van der Waals surface area contributed by atoms with Crippen molar-refractivity contribution in [1.82, 2.24) is 31.9 Å². The first-order valence-electron chi connectivity index (χ1n) is 19.3. The summed E-state index contributed by atoms with van der Waals surface area (Å²) in [5.74, 6) is -11.0. The molecular weight excluding hydrogens is 751 g/mol. The van der Waals surface area contributed by atoms with Crippen molar-refractivity contribution in [3.63, 3.8) is 0 Å². The average molecular weight is 813 g/mol. The van der Waals surface area contributed by atoms with Crippen molar-refractivity contribution < 1.29 is 68.5 Å². The van der Waals surface area contributed by atoms with Crippen molar-refractivity contribution >= 4 is 60.5 Å². The molecule has 0 aromatic heterocycles. The van der Waals surface area contributed by atoms with E-state index in [-0.39, 0.29) is 18.8 Å². The van der Waals surface area contributed by atoms with Crippen LogP contribution in [0.2, 0.25) is 0 Å². The molecule has 1 unspecified atom stereocenters. The molecule has 6 atom stereocenters. The first kappa shape index (κ1) is 50.2. The summed E-state index contributed by atoms with van der Waals surface area (Å²) in [4.78, 5) is 115. The Labute approximate surface area is 332 Å². The third kappa shape index (κ3) is 18.8. The lowest BCUT2D eigenvalue weighted by molar-refractivity contribution is -0.142. The molecule has 0 aliphatic heterocycles. The largest absolute Gasteiger partial charge is 0.481 e. The van der Waals surface area contributed by atoms with Gasteiger partial charge in [0.25, 0.3) is 0 Å². The van der Waals surface area contributed by atoms with Crippen LogP contribution in [0.5, 0.6) is 0 Å². The fourth-order valence-electron chi connectivity index (χ4n) is 6.33. The lowest BCUT2D eigenvalue weighted by atomic mass is 9.77. The fraction of sp³-hybridized carbons (Fsp3) is 0.750. The molecule has 11 N–H and O–H groups in total. The number of amides is 6. The summed E-state index contributed by atoms with van der Waals surface area (Å²) in [6, 6.07) is -7.09. The van der Waals surface area contributed by atoms with Crippen LogP contribution in [0.1, 0.15) is 119 Å². The molecule has 1 rings (SSSR count). The third-order valence-corrected chi connectivity index (χ3v) is 9.46. The molecule has 322 valence electrons. The zero-order chi connectivity index (χ0) is 43.6. The van der Waals surface area contributed by atoms with E-state index in [9.17, 15) is 63.4 Å². The molecule has 20 nitrogen and oxygen atoms in total. The lowest BCUT2D eigenvalue weighted by Gasteiger charge is -2.36. The molecule has 0 saturated heterocycles. The first-order valence-corrected chi connectivity index (χ1v) is 19.3. The van der Waals surface area contributed by atoms with Crippen molar-refractivity contribution in [3.8, 4) is 0 Å².